The summed E-state index contributed by atoms with van der Waals surface area (Å²) in [6.07, 6.45) is 0.694. The Morgan fingerprint density at radius 2 is 2.07 bits per heavy atom. The van der Waals surface area contributed by atoms with E-state index in [-0.39, 0.29) is 24.5 Å². The summed E-state index contributed by atoms with van der Waals surface area (Å²) in [7, 11) is 0. The lowest BCUT2D eigenvalue weighted by molar-refractivity contribution is -0.120. The second-order valence-corrected chi connectivity index (χ2v) is 3.59. The van der Waals surface area contributed by atoms with E-state index in [4.69, 9.17) is 5.11 Å². The number of hydrogen-bond donors (Lipinski definition) is 2. The van der Waals surface area contributed by atoms with Crippen LogP contribution in [0.4, 0.5) is 0 Å². The van der Waals surface area contributed by atoms with Gasteiger partial charge in [-0.15, -0.1) is 0 Å². The molecule has 0 aliphatic carbocycles. The minimum absolute atomic E-state index is 0.0229. The number of benzene rings is 1. The van der Waals surface area contributed by atoms with Crippen LogP contribution in [-0.4, -0.2) is 23.7 Å². The molecule has 0 saturated carbocycles. The molecule has 1 fully saturated rings. The van der Waals surface area contributed by atoms with Crippen molar-refractivity contribution in [1.82, 2.24) is 5.32 Å². The molecular weight excluding hydrogens is 178 g/mol. The summed E-state index contributed by atoms with van der Waals surface area (Å²) in [5, 5.41) is 11.7. The first-order valence-electron chi connectivity index (χ1n) is 4.77. The lowest BCUT2D eigenvalue weighted by Gasteiger charge is -2.06. The normalized spacial score (nSPS) is 26.2. The molecule has 1 saturated heterocycles. The van der Waals surface area contributed by atoms with Gasteiger partial charge in [0.15, 0.2) is 0 Å². The predicted molar refractivity (Wildman–Crippen MR) is 52.8 cm³/mol. The lowest BCUT2D eigenvalue weighted by atomic mass is 9.96. The highest BCUT2D eigenvalue weighted by molar-refractivity contribution is 5.86. The van der Waals surface area contributed by atoms with E-state index in [1.807, 2.05) is 30.3 Å². The minimum Gasteiger partial charge on any atom is -0.394 e. The summed E-state index contributed by atoms with van der Waals surface area (Å²) >= 11 is 0. The van der Waals surface area contributed by atoms with E-state index in [0.29, 0.717) is 6.42 Å². The van der Waals surface area contributed by atoms with Gasteiger partial charge in [0.2, 0.25) is 5.91 Å². The zero-order valence-electron chi connectivity index (χ0n) is 7.81. The topological polar surface area (TPSA) is 49.3 Å². The summed E-state index contributed by atoms with van der Waals surface area (Å²) in [6, 6.07) is 9.60. The van der Waals surface area contributed by atoms with Crippen molar-refractivity contribution in [2.75, 3.05) is 6.61 Å². The van der Waals surface area contributed by atoms with Crippen LogP contribution < -0.4 is 5.32 Å². The first kappa shape index (κ1) is 9.21. The molecule has 74 valence electrons. The molecule has 1 aromatic carbocycles. The number of rotatable bonds is 2. The van der Waals surface area contributed by atoms with Gasteiger partial charge in [-0.25, -0.2) is 0 Å². The van der Waals surface area contributed by atoms with Gasteiger partial charge < -0.3 is 10.4 Å². The first-order valence-corrected chi connectivity index (χ1v) is 4.77. The monoisotopic (exact) mass is 191 g/mol. The fraction of sp³-hybridized carbons (Fsp3) is 0.364. The molecule has 3 nitrogen and oxygen atoms in total. The molecule has 1 aromatic rings. The molecule has 2 atom stereocenters. The van der Waals surface area contributed by atoms with Crippen LogP contribution in [0.2, 0.25) is 0 Å². The Balaban J connectivity index is 2.17. The third-order valence-electron chi connectivity index (χ3n) is 2.61. The quantitative estimate of drug-likeness (QED) is 0.721. The second kappa shape index (κ2) is 3.80. The molecule has 2 N–H and O–H groups in total. The maximum atomic E-state index is 11.5. The van der Waals surface area contributed by atoms with E-state index in [1.165, 1.54) is 0 Å². The first-order chi connectivity index (χ1) is 6.81. The lowest BCUT2D eigenvalue weighted by Crippen LogP contribution is -2.28. The molecule has 14 heavy (non-hydrogen) atoms. The molecule has 1 amide bonds. The molecule has 1 heterocycles. The van der Waals surface area contributed by atoms with Gasteiger partial charge in [0.1, 0.15) is 0 Å². The van der Waals surface area contributed by atoms with Gasteiger partial charge in [0.05, 0.1) is 18.6 Å². The van der Waals surface area contributed by atoms with Crippen molar-refractivity contribution in [3.8, 4) is 0 Å². The van der Waals surface area contributed by atoms with Gasteiger partial charge in [-0.1, -0.05) is 30.3 Å². The molecule has 1 aliphatic rings. The second-order valence-electron chi connectivity index (χ2n) is 3.59. The SMILES string of the molecule is O=C1N[C@@H](CO)C[C@@H]1c1ccccc1. The molecule has 2 rings (SSSR count). The third kappa shape index (κ3) is 1.63. The Bertz CT molecular complexity index is 323. The van der Waals surface area contributed by atoms with Crippen LogP contribution in [0.5, 0.6) is 0 Å². The Kier molecular flexibility index (Phi) is 2.50. The Morgan fingerprint density at radius 3 is 2.64 bits per heavy atom. The van der Waals surface area contributed by atoms with E-state index in [0.717, 1.165) is 5.56 Å². The van der Waals surface area contributed by atoms with Crippen molar-refractivity contribution in [2.45, 2.75) is 18.4 Å². The highest BCUT2D eigenvalue weighted by Crippen LogP contribution is 2.26. The molecule has 3 heteroatoms. The molecule has 0 spiro atoms. The molecule has 0 bridgehead atoms. The van der Waals surface area contributed by atoms with E-state index in [1.54, 1.807) is 0 Å². The average Bonchev–Trinajstić information content (AvgIpc) is 2.61. The van der Waals surface area contributed by atoms with Crippen LogP contribution in [0.3, 0.4) is 0 Å². The Morgan fingerprint density at radius 1 is 1.36 bits per heavy atom. The van der Waals surface area contributed by atoms with E-state index in [2.05, 4.69) is 5.32 Å². The van der Waals surface area contributed by atoms with Crippen LogP contribution >= 0.6 is 0 Å². The Labute approximate surface area is 82.8 Å². The van der Waals surface area contributed by atoms with Crippen molar-refractivity contribution >= 4 is 5.91 Å². The molecule has 0 radical (unpaired) electrons. The van der Waals surface area contributed by atoms with Gasteiger partial charge in [-0.05, 0) is 12.0 Å². The summed E-state index contributed by atoms with van der Waals surface area (Å²) in [5.41, 5.74) is 1.03. The van der Waals surface area contributed by atoms with Gasteiger partial charge in [-0.3, -0.25) is 4.79 Å². The van der Waals surface area contributed by atoms with Crippen LogP contribution in [0.1, 0.15) is 17.9 Å². The van der Waals surface area contributed by atoms with Crippen molar-refractivity contribution in [3.05, 3.63) is 35.9 Å². The Hall–Kier alpha value is -1.35. The summed E-state index contributed by atoms with van der Waals surface area (Å²) < 4.78 is 0. The maximum absolute atomic E-state index is 11.5. The third-order valence-corrected chi connectivity index (χ3v) is 2.61. The standard InChI is InChI=1S/C11H13NO2/c13-7-9-6-10(11(14)12-9)8-4-2-1-3-5-8/h1-5,9-10,13H,6-7H2,(H,12,14)/t9-,10-/m1/s1. The zero-order chi connectivity index (χ0) is 9.97. The highest BCUT2D eigenvalue weighted by Gasteiger charge is 2.32. The van der Waals surface area contributed by atoms with E-state index in [9.17, 15) is 4.79 Å². The maximum Gasteiger partial charge on any atom is 0.227 e. The van der Waals surface area contributed by atoms with Crippen LogP contribution in [-0.2, 0) is 4.79 Å². The van der Waals surface area contributed by atoms with Gasteiger partial charge >= 0.3 is 0 Å². The van der Waals surface area contributed by atoms with Crippen LogP contribution in [0.25, 0.3) is 0 Å². The molecular formula is C11H13NO2. The van der Waals surface area contributed by atoms with Gasteiger partial charge in [-0.2, -0.15) is 0 Å². The molecule has 0 aromatic heterocycles. The van der Waals surface area contributed by atoms with Crippen molar-refractivity contribution in [1.29, 1.82) is 0 Å². The fourth-order valence-electron chi connectivity index (χ4n) is 1.85. The highest BCUT2D eigenvalue weighted by atomic mass is 16.3. The van der Waals surface area contributed by atoms with Crippen LogP contribution in [0, 0.1) is 0 Å². The number of carbonyl (C=O) groups excluding carboxylic acids is 1. The average molecular weight is 191 g/mol. The van der Waals surface area contributed by atoms with Gasteiger partial charge in [0, 0.05) is 0 Å². The van der Waals surface area contributed by atoms with Crippen LogP contribution in [0.15, 0.2) is 30.3 Å². The van der Waals surface area contributed by atoms with Gasteiger partial charge in [0.25, 0.3) is 0 Å². The summed E-state index contributed by atoms with van der Waals surface area (Å²) in [6.45, 7) is 0.0229. The number of carbonyl (C=O) groups is 1. The number of amides is 1. The van der Waals surface area contributed by atoms with E-state index >= 15 is 0 Å². The number of nitrogens with one attached hydrogen (secondary N) is 1. The number of aliphatic hydroxyl groups excluding tert-OH is 1. The minimum atomic E-state index is -0.0895. The summed E-state index contributed by atoms with van der Waals surface area (Å²) in [4.78, 5) is 11.5. The number of aliphatic hydroxyl groups is 1. The molecule has 0 unspecified atom stereocenters. The smallest absolute Gasteiger partial charge is 0.227 e. The van der Waals surface area contributed by atoms with Crippen molar-refractivity contribution in [3.63, 3.8) is 0 Å². The number of hydrogen-bond acceptors (Lipinski definition) is 2. The van der Waals surface area contributed by atoms with Crippen molar-refractivity contribution in [2.24, 2.45) is 0 Å². The fourth-order valence-corrected chi connectivity index (χ4v) is 1.85. The summed E-state index contributed by atoms with van der Waals surface area (Å²) in [5.74, 6) is -0.0661. The van der Waals surface area contributed by atoms with E-state index < -0.39 is 0 Å². The largest absolute Gasteiger partial charge is 0.394 e. The zero-order valence-corrected chi connectivity index (χ0v) is 7.81. The molecule has 1 aliphatic heterocycles. The van der Waals surface area contributed by atoms with Crippen molar-refractivity contribution < 1.29 is 9.90 Å². The predicted octanol–water partition coefficient (Wildman–Crippen LogP) is 0.651.